The van der Waals surface area contributed by atoms with E-state index >= 15 is 0 Å². The molecule has 0 saturated heterocycles. The van der Waals surface area contributed by atoms with Gasteiger partial charge in [-0.2, -0.15) is 0 Å². The van der Waals surface area contributed by atoms with Gasteiger partial charge in [-0.3, -0.25) is 4.79 Å². The summed E-state index contributed by atoms with van der Waals surface area (Å²) in [5.41, 5.74) is 3.60. The molecule has 174 valence electrons. The quantitative estimate of drug-likeness (QED) is 0.489. The minimum absolute atomic E-state index is 0.153. The molecule has 0 saturated carbocycles. The topological polar surface area (TPSA) is 116 Å². The molecule has 1 amide bonds. The third-order valence-electron chi connectivity index (χ3n) is 5.22. The number of carbonyl (C=O) groups excluding carboxylic acids is 2. The van der Waals surface area contributed by atoms with Gasteiger partial charge in [0.25, 0.3) is 0 Å². The Morgan fingerprint density at radius 1 is 1.06 bits per heavy atom. The van der Waals surface area contributed by atoms with Crippen molar-refractivity contribution in [2.75, 3.05) is 17.7 Å². The van der Waals surface area contributed by atoms with Crippen molar-refractivity contribution in [3.8, 4) is 11.3 Å². The summed E-state index contributed by atoms with van der Waals surface area (Å²) in [6, 6.07) is 11.3. The van der Waals surface area contributed by atoms with E-state index in [1.807, 2.05) is 13.8 Å². The molecule has 0 radical (unpaired) electrons. The Morgan fingerprint density at radius 3 is 2.36 bits per heavy atom. The number of anilines is 1. The SMILES string of the molecule is CCOC(=O)c1ccc(NC(=O)CCS(=O)(=O)c2cc(-c3onc(C)c3C)ccc2C)cc1. The van der Waals surface area contributed by atoms with Crippen molar-refractivity contribution in [2.45, 2.75) is 39.0 Å². The number of nitrogens with one attached hydrogen (secondary N) is 1. The Kier molecular flexibility index (Phi) is 7.33. The van der Waals surface area contributed by atoms with Gasteiger partial charge in [0.05, 0.1) is 28.5 Å². The molecule has 0 atom stereocenters. The van der Waals surface area contributed by atoms with Gasteiger partial charge >= 0.3 is 5.97 Å². The van der Waals surface area contributed by atoms with E-state index in [1.54, 1.807) is 44.2 Å². The molecule has 1 aromatic heterocycles. The van der Waals surface area contributed by atoms with Gasteiger partial charge in [0.15, 0.2) is 15.6 Å². The van der Waals surface area contributed by atoms with Crippen LogP contribution in [0.5, 0.6) is 0 Å². The van der Waals surface area contributed by atoms with Crippen molar-refractivity contribution in [3.05, 3.63) is 64.8 Å². The van der Waals surface area contributed by atoms with Gasteiger partial charge in [0, 0.05) is 23.2 Å². The summed E-state index contributed by atoms with van der Waals surface area (Å²) < 4.78 is 36.2. The molecule has 0 unspecified atom stereocenters. The average molecular weight is 471 g/mol. The van der Waals surface area contributed by atoms with Crippen molar-refractivity contribution >= 4 is 27.4 Å². The van der Waals surface area contributed by atoms with Crippen LogP contribution in [0.3, 0.4) is 0 Å². The van der Waals surface area contributed by atoms with E-state index < -0.39 is 21.7 Å². The number of amides is 1. The lowest BCUT2D eigenvalue weighted by atomic mass is 10.1. The summed E-state index contributed by atoms with van der Waals surface area (Å²) in [7, 11) is -3.72. The van der Waals surface area contributed by atoms with E-state index in [0.29, 0.717) is 28.1 Å². The molecule has 0 bridgehead atoms. The largest absolute Gasteiger partial charge is 0.462 e. The number of rotatable bonds is 8. The van der Waals surface area contributed by atoms with Crippen LogP contribution >= 0.6 is 0 Å². The zero-order chi connectivity index (χ0) is 24.2. The van der Waals surface area contributed by atoms with Crippen LogP contribution in [0.2, 0.25) is 0 Å². The maximum absolute atomic E-state index is 13.0. The minimum atomic E-state index is -3.72. The highest BCUT2D eigenvalue weighted by atomic mass is 32.2. The van der Waals surface area contributed by atoms with Crippen molar-refractivity contribution in [1.29, 1.82) is 0 Å². The molecule has 3 aromatic rings. The third kappa shape index (κ3) is 5.67. The van der Waals surface area contributed by atoms with Gasteiger partial charge in [0.2, 0.25) is 5.91 Å². The number of esters is 1. The fraction of sp³-hybridized carbons (Fsp3) is 0.292. The number of nitrogens with zero attached hydrogens (tertiary/aromatic N) is 1. The molecule has 0 spiro atoms. The van der Waals surface area contributed by atoms with Crippen LogP contribution in [0.1, 0.15) is 40.5 Å². The van der Waals surface area contributed by atoms with Crippen LogP contribution < -0.4 is 5.32 Å². The fourth-order valence-electron chi connectivity index (χ4n) is 3.23. The highest BCUT2D eigenvalue weighted by molar-refractivity contribution is 7.91. The molecule has 0 fully saturated rings. The van der Waals surface area contributed by atoms with Crippen LogP contribution in [0.15, 0.2) is 51.9 Å². The van der Waals surface area contributed by atoms with Gasteiger partial charge in [-0.15, -0.1) is 0 Å². The number of sulfone groups is 1. The van der Waals surface area contributed by atoms with Crippen LogP contribution in [-0.2, 0) is 19.4 Å². The first kappa shape index (κ1) is 24.2. The number of hydrogen-bond acceptors (Lipinski definition) is 7. The normalized spacial score (nSPS) is 11.3. The van der Waals surface area contributed by atoms with Gasteiger partial charge < -0.3 is 14.6 Å². The van der Waals surface area contributed by atoms with Crippen LogP contribution in [0.25, 0.3) is 11.3 Å². The zero-order valence-electron chi connectivity index (χ0n) is 19.0. The number of aromatic nitrogens is 1. The van der Waals surface area contributed by atoms with Crippen molar-refractivity contribution in [3.63, 3.8) is 0 Å². The van der Waals surface area contributed by atoms with E-state index in [2.05, 4.69) is 10.5 Å². The van der Waals surface area contributed by atoms with Gasteiger partial charge in [0.1, 0.15) is 0 Å². The first-order valence-electron chi connectivity index (χ1n) is 10.5. The Bertz CT molecular complexity index is 1280. The van der Waals surface area contributed by atoms with E-state index in [4.69, 9.17) is 9.26 Å². The summed E-state index contributed by atoms with van der Waals surface area (Å²) in [4.78, 5) is 24.2. The zero-order valence-corrected chi connectivity index (χ0v) is 19.8. The van der Waals surface area contributed by atoms with Gasteiger partial charge in [-0.1, -0.05) is 17.3 Å². The minimum Gasteiger partial charge on any atom is -0.462 e. The van der Waals surface area contributed by atoms with Crippen LogP contribution in [0.4, 0.5) is 5.69 Å². The summed E-state index contributed by atoms with van der Waals surface area (Å²) in [6.07, 6.45) is -0.216. The van der Waals surface area contributed by atoms with Gasteiger partial charge in [-0.25, -0.2) is 13.2 Å². The van der Waals surface area contributed by atoms with E-state index in [0.717, 1.165) is 11.3 Å². The fourth-order valence-corrected chi connectivity index (χ4v) is 4.76. The number of ether oxygens (including phenoxy) is 1. The Hall–Kier alpha value is -3.46. The first-order chi connectivity index (χ1) is 15.6. The van der Waals surface area contributed by atoms with Crippen molar-refractivity contribution in [1.82, 2.24) is 5.16 Å². The smallest absolute Gasteiger partial charge is 0.338 e. The summed E-state index contributed by atoms with van der Waals surface area (Å²) in [5, 5.41) is 6.57. The van der Waals surface area contributed by atoms with Crippen molar-refractivity contribution in [2.24, 2.45) is 0 Å². The molecule has 0 aliphatic heterocycles. The van der Waals surface area contributed by atoms with E-state index in [-0.39, 0.29) is 23.7 Å². The number of benzene rings is 2. The summed E-state index contributed by atoms with van der Waals surface area (Å²) in [5.74, 6) is -0.723. The molecular weight excluding hydrogens is 444 g/mol. The highest BCUT2D eigenvalue weighted by Gasteiger charge is 2.21. The second-order valence-electron chi connectivity index (χ2n) is 7.62. The highest BCUT2D eigenvalue weighted by Crippen LogP contribution is 2.29. The first-order valence-corrected chi connectivity index (χ1v) is 12.1. The third-order valence-corrected chi connectivity index (χ3v) is 7.07. The Labute approximate surface area is 192 Å². The molecule has 9 heteroatoms. The molecule has 3 rings (SSSR count). The monoisotopic (exact) mass is 470 g/mol. The lowest BCUT2D eigenvalue weighted by molar-refractivity contribution is -0.115. The predicted molar refractivity (Wildman–Crippen MR) is 124 cm³/mol. The molecule has 1 heterocycles. The maximum atomic E-state index is 13.0. The molecule has 0 aliphatic rings. The standard InChI is InChI=1S/C24H26N2O6S/c1-5-31-24(28)18-8-10-20(11-9-18)25-22(27)12-13-33(29,30)21-14-19(7-6-15(21)2)23-16(3)17(4)26-32-23/h6-11,14H,5,12-13H2,1-4H3,(H,25,27). The lowest BCUT2D eigenvalue weighted by Gasteiger charge is -2.10. The molecule has 8 nitrogen and oxygen atoms in total. The number of hydrogen-bond donors (Lipinski definition) is 1. The molecule has 1 N–H and O–H groups in total. The second-order valence-corrected chi connectivity index (χ2v) is 9.69. The van der Waals surface area contributed by atoms with Gasteiger partial charge in [-0.05, 0) is 63.6 Å². The van der Waals surface area contributed by atoms with E-state index in [1.165, 1.54) is 12.1 Å². The van der Waals surface area contributed by atoms with Crippen LogP contribution in [-0.4, -0.2) is 37.8 Å². The Morgan fingerprint density at radius 2 is 1.76 bits per heavy atom. The molecule has 0 aliphatic carbocycles. The molecular formula is C24H26N2O6S. The molecule has 2 aromatic carbocycles. The lowest BCUT2D eigenvalue weighted by Crippen LogP contribution is -2.18. The average Bonchev–Trinajstić information content (AvgIpc) is 3.11. The molecule has 33 heavy (non-hydrogen) atoms. The number of carbonyl (C=O) groups is 2. The number of aryl methyl sites for hydroxylation is 2. The Balaban J connectivity index is 1.68. The second kappa shape index (κ2) is 9.99. The van der Waals surface area contributed by atoms with Crippen LogP contribution in [0, 0.1) is 20.8 Å². The van der Waals surface area contributed by atoms with Crippen molar-refractivity contribution < 1.29 is 27.3 Å². The predicted octanol–water partition coefficient (Wildman–Crippen LogP) is 4.25. The maximum Gasteiger partial charge on any atom is 0.338 e. The summed E-state index contributed by atoms with van der Waals surface area (Å²) in [6.45, 7) is 7.37. The summed E-state index contributed by atoms with van der Waals surface area (Å²) >= 11 is 0. The van der Waals surface area contributed by atoms with E-state index in [9.17, 15) is 18.0 Å².